The van der Waals surface area contributed by atoms with Crippen molar-refractivity contribution in [3.05, 3.63) is 12.7 Å². The van der Waals surface area contributed by atoms with Crippen molar-refractivity contribution < 1.29 is 9.53 Å². The predicted octanol–water partition coefficient (Wildman–Crippen LogP) is 1.70. The molecule has 0 atom stereocenters. The SMILES string of the molecule is C=CC(=O)OC[Si](C)(C)Cl. The van der Waals surface area contributed by atoms with E-state index in [1.165, 1.54) is 0 Å². The lowest BCUT2D eigenvalue weighted by molar-refractivity contribution is -0.135. The van der Waals surface area contributed by atoms with E-state index in [1.54, 1.807) is 0 Å². The minimum atomic E-state index is -1.75. The first kappa shape index (κ1) is 9.72. The molecule has 2 nitrogen and oxygen atoms in total. The fourth-order valence-corrected chi connectivity index (χ4v) is 0.951. The Labute approximate surface area is 66.5 Å². The Morgan fingerprint density at radius 2 is 2.30 bits per heavy atom. The van der Waals surface area contributed by atoms with Gasteiger partial charge in [-0.25, -0.2) is 4.79 Å². The summed E-state index contributed by atoms with van der Waals surface area (Å²) >= 11 is 5.86. The van der Waals surface area contributed by atoms with Crippen molar-refractivity contribution in [2.45, 2.75) is 13.1 Å². The van der Waals surface area contributed by atoms with Gasteiger partial charge in [0.25, 0.3) is 0 Å². The van der Waals surface area contributed by atoms with Gasteiger partial charge in [-0.1, -0.05) is 19.7 Å². The highest BCUT2D eigenvalue weighted by Crippen LogP contribution is 2.07. The molecule has 0 unspecified atom stereocenters. The number of hydrogen-bond acceptors (Lipinski definition) is 2. The number of carbonyl (C=O) groups excluding carboxylic acids is 1. The molecule has 0 aromatic heterocycles. The zero-order valence-corrected chi connectivity index (χ0v) is 7.94. The average Bonchev–Trinajstić information content (AvgIpc) is 1.81. The number of rotatable bonds is 3. The Morgan fingerprint density at radius 3 is 2.60 bits per heavy atom. The first-order chi connectivity index (χ1) is 4.45. The lowest BCUT2D eigenvalue weighted by atomic mass is 10.7. The number of ether oxygens (including phenoxy) is 1. The van der Waals surface area contributed by atoms with E-state index in [0.717, 1.165) is 6.08 Å². The second-order valence-corrected chi connectivity index (χ2v) is 9.33. The van der Waals surface area contributed by atoms with Crippen LogP contribution in [0.25, 0.3) is 0 Å². The number of hydrogen-bond donors (Lipinski definition) is 0. The zero-order chi connectivity index (χ0) is 8.20. The first-order valence-corrected chi connectivity index (χ1v) is 7.16. The summed E-state index contributed by atoms with van der Waals surface area (Å²) in [5.74, 6) is -0.402. The normalized spacial score (nSPS) is 10.7. The van der Waals surface area contributed by atoms with Crippen LogP contribution in [-0.2, 0) is 9.53 Å². The lowest BCUT2D eigenvalue weighted by Gasteiger charge is -2.11. The quantitative estimate of drug-likeness (QED) is 0.285. The van der Waals surface area contributed by atoms with Crippen molar-refractivity contribution in [3.8, 4) is 0 Å². The summed E-state index contributed by atoms with van der Waals surface area (Å²) in [6.45, 7) is 7.07. The molecule has 0 aliphatic carbocycles. The standard InChI is InChI=1S/C6H11ClO2Si/c1-4-6(8)9-5-10(2,3)7/h4H,1,5H2,2-3H3. The largest absolute Gasteiger partial charge is 0.465 e. The van der Waals surface area contributed by atoms with E-state index in [-0.39, 0.29) is 0 Å². The van der Waals surface area contributed by atoms with Crippen LogP contribution >= 0.6 is 11.1 Å². The summed E-state index contributed by atoms with van der Waals surface area (Å²) < 4.78 is 4.73. The summed E-state index contributed by atoms with van der Waals surface area (Å²) in [5, 5.41) is 0. The van der Waals surface area contributed by atoms with Crippen molar-refractivity contribution in [3.63, 3.8) is 0 Å². The second kappa shape index (κ2) is 3.78. The third kappa shape index (κ3) is 5.85. The van der Waals surface area contributed by atoms with Gasteiger partial charge in [-0.05, 0) is 0 Å². The minimum Gasteiger partial charge on any atom is -0.465 e. The van der Waals surface area contributed by atoms with E-state index in [1.807, 2.05) is 13.1 Å². The molecular formula is C6H11ClO2Si. The van der Waals surface area contributed by atoms with Gasteiger partial charge in [0.2, 0.25) is 0 Å². The smallest absolute Gasteiger partial charge is 0.329 e. The molecule has 0 spiro atoms. The molecule has 0 fully saturated rings. The third-order valence-electron chi connectivity index (χ3n) is 0.724. The number of esters is 1. The van der Waals surface area contributed by atoms with E-state index in [0.29, 0.717) is 6.23 Å². The van der Waals surface area contributed by atoms with Gasteiger partial charge in [-0.15, -0.1) is 0 Å². The Balaban J connectivity index is 3.55. The molecule has 0 heterocycles. The van der Waals surface area contributed by atoms with Crippen LogP contribution in [-0.4, -0.2) is 19.6 Å². The Bertz CT molecular complexity index is 139. The van der Waals surface area contributed by atoms with Crippen LogP contribution in [0, 0.1) is 0 Å². The molecule has 10 heavy (non-hydrogen) atoms. The molecule has 0 radical (unpaired) electrons. The molecule has 0 aliphatic heterocycles. The van der Waals surface area contributed by atoms with Gasteiger partial charge < -0.3 is 4.74 Å². The monoisotopic (exact) mass is 178 g/mol. The molecule has 0 saturated heterocycles. The topological polar surface area (TPSA) is 26.3 Å². The highest BCUT2D eigenvalue weighted by Gasteiger charge is 2.18. The van der Waals surface area contributed by atoms with Gasteiger partial charge in [0.05, 0.1) is 6.23 Å². The highest BCUT2D eigenvalue weighted by atomic mass is 35.6. The molecule has 58 valence electrons. The number of carbonyl (C=O) groups is 1. The average molecular weight is 179 g/mol. The minimum absolute atomic E-state index is 0.347. The fourth-order valence-electron chi connectivity index (χ4n) is 0.302. The second-order valence-electron chi connectivity index (χ2n) is 2.53. The molecule has 0 amide bonds. The van der Waals surface area contributed by atoms with Crippen molar-refractivity contribution in [1.82, 2.24) is 0 Å². The van der Waals surface area contributed by atoms with Gasteiger partial charge in [-0.2, -0.15) is 11.1 Å². The first-order valence-electron chi connectivity index (χ1n) is 2.94. The van der Waals surface area contributed by atoms with Crippen LogP contribution < -0.4 is 0 Å². The summed E-state index contributed by atoms with van der Waals surface area (Å²) in [6.07, 6.45) is 1.48. The molecule has 0 saturated carbocycles. The van der Waals surface area contributed by atoms with Crippen LogP contribution in [0.3, 0.4) is 0 Å². The molecule has 4 heteroatoms. The van der Waals surface area contributed by atoms with Gasteiger partial charge >= 0.3 is 5.97 Å². The molecule has 0 aromatic carbocycles. The van der Waals surface area contributed by atoms with Crippen LogP contribution in [0.5, 0.6) is 0 Å². The molecule has 0 rings (SSSR count). The Hall–Kier alpha value is -0.283. The van der Waals surface area contributed by atoms with Crippen LogP contribution in [0.1, 0.15) is 0 Å². The Morgan fingerprint density at radius 1 is 1.80 bits per heavy atom. The molecule has 0 aromatic rings. The van der Waals surface area contributed by atoms with E-state index in [2.05, 4.69) is 6.58 Å². The van der Waals surface area contributed by atoms with E-state index < -0.39 is 13.4 Å². The lowest BCUT2D eigenvalue weighted by Crippen LogP contribution is -2.26. The summed E-state index contributed by atoms with van der Waals surface area (Å²) in [4.78, 5) is 10.5. The summed E-state index contributed by atoms with van der Waals surface area (Å²) in [7, 11) is -1.75. The van der Waals surface area contributed by atoms with Crippen molar-refractivity contribution in [2.24, 2.45) is 0 Å². The molecule has 0 aliphatic rings. The maximum Gasteiger partial charge on any atom is 0.329 e. The van der Waals surface area contributed by atoms with Crippen molar-refractivity contribution in [2.75, 3.05) is 6.23 Å². The zero-order valence-electron chi connectivity index (χ0n) is 6.19. The van der Waals surface area contributed by atoms with Crippen LogP contribution in [0.2, 0.25) is 13.1 Å². The van der Waals surface area contributed by atoms with Crippen molar-refractivity contribution in [1.29, 1.82) is 0 Å². The van der Waals surface area contributed by atoms with Gasteiger partial charge in [0.15, 0.2) is 7.38 Å². The third-order valence-corrected chi connectivity index (χ3v) is 1.88. The van der Waals surface area contributed by atoms with Crippen LogP contribution in [0.15, 0.2) is 12.7 Å². The molecular weight excluding hydrogens is 168 g/mol. The maximum atomic E-state index is 10.5. The number of halogens is 1. The maximum absolute atomic E-state index is 10.5. The Kier molecular flexibility index (Phi) is 3.67. The molecule has 0 N–H and O–H groups in total. The van der Waals surface area contributed by atoms with Gasteiger partial charge in [0, 0.05) is 6.08 Å². The van der Waals surface area contributed by atoms with Crippen LogP contribution in [0.4, 0.5) is 0 Å². The van der Waals surface area contributed by atoms with Gasteiger partial charge in [-0.3, -0.25) is 0 Å². The van der Waals surface area contributed by atoms with Crippen molar-refractivity contribution >= 4 is 24.4 Å². The molecule has 0 bridgehead atoms. The highest BCUT2D eigenvalue weighted by molar-refractivity contribution is 7.19. The predicted molar refractivity (Wildman–Crippen MR) is 44.5 cm³/mol. The summed E-state index contributed by atoms with van der Waals surface area (Å²) in [6, 6.07) is 0. The van der Waals surface area contributed by atoms with Gasteiger partial charge in [0.1, 0.15) is 0 Å². The van der Waals surface area contributed by atoms with E-state index >= 15 is 0 Å². The fraction of sp³-hybridized carbons (Fsp3) is 0.500. The van der Waals surface area contributed by atoms with E-state index in [9.17, 15) is 4.79 Å². The summed E-state index contributed by atoms with van der Waals surface area (Å²) in [5.41, 5.74) is 0. The van der Waals surface area contributed by atoms with E-state index in [4.69, 9.17) is 15.8 Å².